The minimum absolute atomic E-state index is 0.0475. The summed E-state index contributed by atoms with van der Waals surface area (Å²) in [6, 6.07) is 20.4. The molecule has 0 bridgehead atoms. The summed E-state index contributed by atoms with van der Waals surface area (Å²) in [5, 5.41) is 11.5. The number of hydrogen-bond donors (Lipinski definition) is 2. The summed E-state index contributed by atoms with van der Waals surface area (Å²) in [6.45, 7) is 2.05. The number of phenolic OH excluding ortho intramolecular Hbond substituents is 1. The predicted molar refractivity (Wildman–Crippen MR) is 160 cm³/mol. The van der Waals surface area contributed by atoms with E-state index >= 15 is 0 Å². The Hall–Kier alpha value is -4.83. The molecule has 1 aliphatic carbocycles. The molecular formula is C32H28ClN5O5. The maximum absolute atomic E-state index is 14.9. The average molecular weight is 598 g/mol. The number of aromatic nitrogens is 3. The highest BCUT2D eigenvalue weighted by molar-refractivity contribution is 6.31. The van der Waals surface area contributed by atoms with E-state index < -0.39 is 46.5 Å². The number of aromatic hydroxyl groups is 1. The first kappa shape index (κ1) is 27.0. The minimum atomic E-state index is -1.44. The maximum Gasteiger partial charge on any atom is 0.347 e. The van der Waals surface area contributed by atoms with Crippen molar-refractivity contribution in [3.63, 3.8) is 0 Å². The summed E-state index contributed by atoms with van der Waals surface area (Å²) < 4.78 is 3.82. The van der Waals surface area contributed by atoms with Crippen LogP contribution < -0.4 is 16.8 Å². The van der Waals surface area contributed by atoms with E-state index in [9.17, 15) is 24.3 Å². The molecule has 0 unspecified atom stereocenters. The normalized spacial score (nSPS) is 24.3. The van der Waals surface area contributed by atoms with E-state index in [2.05, 4.69) is 5.43 Å². The molecule has 3 aliphatic rings. The fourth-order valence-electron chi connectivity index (χ4n) is 7.21. The number of aryl methyl sites for hydroxylation is 1. The smallest absolute Gasteiger partial charge is 0.347 e. The highest BCUT2D eigenvalue weighted by atomic mass is 35.5. The number of rotatable bonds is 4. The molecule has 3 aromatic carbocycles. The van der Waals surface area contributed by atoms with Crippen molar-refractivity contribution in [2.24, 2.45) is 13.0 Å². The molecule has 4 aromatic rings. The lowest BCUT2D eigenvalue weighted by Gasteiger charge is -2.49. The van der Waals surface area contributed by atoms with Gasteiger partial charge in [0.1, 0.15) is 5.75 Å². The Morgan fingerprint density at radius 1 is 0.953 bits per heavy atom. The Labute approximate surface area is 251 Å². The molecule has 4 atom stereocenters. The number of imide groups is 1. The third kappa shape index (κ3) is 3.72. The van der Waals surface area contributed by atoms with Crippen molar-refractivity contribution in [3.05, 3.63) is 127 Å². The van der Waals surface area contributed by atoms with Gasteiger partial charge in [0.15, 0.2) is 0 Å². The molecule has 0 spiro atoms. The van der Waals surface area contributed by atoms with Crippen LogP contribution in [0.1, 0.15) is 35.1 Å². The van der Waals surface area contributed by atoms with Crippen LogP contribution in [0.2, 0.25) is 5.02 Å². The maximum atomic E-state index is 14.9. The summed E-state index contributed by atoms with van der Waals surface area (Å²) in [6.07, 6.45) is 1.97. The highest BCUT2D eigenvalue weighted by Gasteiger charge is 2.69. The van der Waals surface area contributed by atoms with E-state index in [1.165, 1.54) is 28.5 Å². The Bertz CT molecular complexity index is 1960. The Morgan fingerprint density at radius 2 is 1.67 bits per heavy atom. The van der Waals surface area contributed by atoms with E-state index in [0.717, 1.165) is 15.1 Å². The monoisotopic (exact) mass is 597 g/mol. The summed E-state index contributed by atoms with van der Waals surface area (Å²) in [7, 11) is 1.42. The zero-order valence-electron chi connectivity index (χ0n) is 23.4. The number of allylic oxidation sites excluding steroid dienone is 2. The van der Waals surface area contributed by atoms with E-state index in [1.807, 2.05) is 55.5 Å². The number of amides is 2. The summed E-state index contributed by atoms with van der Waals surface area (Å²) >= 11 is 6.82. The molecule has 0 radical (unpaired) electrons. The zero-order chi connectivity index (χ0) is 30.2. The van der Waals surface area contributed by atoms with Crippen molar-refractivity contribution in [1.82, 2.24) is 18.9 Å². The molecule has 1 saturated heterocycles. The summed E-state index contributed by atoms with van der Waals surface area (Å²) in [5.41, 5.74) is 4.10. The fourth-order valence-corrected chi connectivity index (χ4v) is 7.50. The second kappa shape index (κ2) is 9.60. The number of carbonyl (C=O) groups is 2. The minimum Gasteiger partial charge on any atom is -0.508 e. The zero-order valence-corrected chi connectivity index (χ0v) is 24.2. The average Bonchev–Trinajstić information content (AvgIpc) is 3.35. The van der Waals surface area contributed by atoms with E-state index in [0.29, 0.717) is 22.4 Å². The summed E-state index contributed by atoms with van der Waals surface area (Å²) in [4.78, 5) is 55.8. The van der Waals surface area contributed by atoms with Crippen LogP contribution in [0.15, 0.2) is 94.0 Å². The fraction of sp³-hybridized carbons (Fsp3) is 0.250. The van der Waals surface area contributed by atoms with Crippen LogP contribution in [0, 0.1) is 12.8 Å². The van der Waals surface area contributed by atoms with Gasteiger partial charge in [-0.25, -0.2) is 23.5 Å². The predicted octanol–water partition coefficient (Wildman–Crippen LogP) is 3.63. The highest BCUT2D eigenvalue weighted by Crippen LogP contribution is 2.62. The van der Waals surface area contributed by atoms with Crippen molar-refractivity contribution in [1.29, 1.82) is 0 Å². The first-order chi connectivity index (χ1) is 20.6. The number of halogens is 1. The van der Waals surface area contributed by atoms with Crippen molar-refractivity contribution >= 4 is 29.1 Å². The van der Waals surface area contributed by atoms with Gasteiger partial charge >= 0.3 is 11.4 Å². The molecule has 10 nitrogen and oxygen atoms in total. The molecule has 1 aromatic heterocycles. The molecule has 1 saturated carbocycles. The largest absolute Gasteiger partial charge is 0.508 e. The number of fused-ring (bicyclic) bond motifs is 4. The van der Waals surface area contributed by atoms with Gasteiger partial charge in [0, 0.05) is 18.0 Å². The van der Waals surface area contributed by atoms with Crippen molar-refractivity contribution < 1.29 is 14.7 Å². The molecule has 3 heterocycles. The lowest BCUT2D eigenvalue weighted by Crippen LogP contribution is -2.53. The van der Waals surface area contributed by atoms with Gasteiger partial charge in [-0.05, 0) is 54.3 Å². The van der Waals surface area contributed by atoms with Gasteiger partial charge in [-0.2, -0.15) is 5.01 Å². The number of phenols is 1. The molecule has 2 fully saturated rings. The van der Waals surface area contributed by atoms with Crippen molar-refractivity contribution in [2.45, 2.75) is 37.3 Å². The number of carbonyl (C=O) groups excluding carboxylic acids is 2. The second-order valence-electron chi connectivity index (χ2n) is 11.4. The van der Waals surface area contributed by atoms with Gasteiger partial charge in [-0.15, -0.1) is 0 Å². The molecule has 2 N–H and O–H groups in total. The number of anilines is 1. The molecule has 218 valence electrons. The van der Waals surface area contributed by atoms with E-state index in [-0.39, 0.29) is 23.7 Å². The topological polar surface area (TPSA) is 119 Å². The van der Waals surface area contributed by atoms with Crippen molar-refractivity contribution in [3.8, 4) is 5.75 Å². The standard InChI is InChI=1S/C32H28ClN5O5/c1-18-8-10-20(11-9-18)34-37-28(40)24-17-26-23(14-15-36-30(42)35(2)31(43)38(26)36)27(22-13-12-21(39)16-25(22)33)32(24,29(37)41)19-6-4-3-5-7-19/h3-14,16,24,26-27,34,39H,15,17H2,1-2H3/t24-,26+,27-,32+/m0/s1. The SMILES string of the molecule is Cc1ccc(NN2C(=O)[C@@H]3C[C@@H]4C(=CCn5c(=O)n(C)c(=O)n54)[C@H](c4ccc(O)cc4Cl)[C@]3(c3ccccc3)C2=O)cc1. The lowest BCUT2D eigenvalue weighted by molar-refractivity contribution is -0.138. The molecule has 11 heteroatoms. The summed E-state index contributed by atoms with van der Waals surface area (Å²) in [5.74, 6) is -2.67. The lowest BCUT2D eigenvalue weighted by atomic mass is 9.53. The quantitative estimate of drug-likeness (QED) is 0.274. The van der Waals surface area contributed by atoms with Crippen LogP contribution in [-0.4, -0.2) is 35.9 Å². The van der Waals surface area contributed by atoms with Crippen LogP contribution in [0.5, 0.6) is 5.75 Å². The van der Waals surface area contributed by atoms with Gasteiger partial charge in [0.05, 0.1) is 29.6 Å². The number of benzene rings is 3. The van der Waals surface area contributed by atoms with Crippen LogP contribution in [0.25, 0.3) is 0 Å². The number of hydrogen-bond acceptors (Lipinski definition) is 6. The number of nitrogens with one attached hydrogen (secondary N) is 1. The molecule has 7 rings (SSSR count). The van der Waals surface area contributed by atoms with Gasteiger partial charge < -0.3 is 5.11 Å². The first-order valence-electron chi connectivity index (χ1n) is 14.0. The van der Waals surface area contributed by atoms with E-state index in [1.54, 1.807) is 18.2 Å². The third-order valence-corrected chi connectivity index (χ3v) is 9.47. The number of hydrazine groups is 1. The Balaban J connectivity index is 1.51. The van der Waals surface area contributed by atoms with Crippen LogP contribution >= 0.6 is 11.6 Å². The Morgan fingerprint density at radius 3 is 2.37 bits per heavy atom. The van der Waals surface area contributed by atoms with Gasteiger partial charge in [-0.1, -0.05) is 71.8 Å². The molecule has 2 aliphatic heterocycles. The van der Waals surface area contributed by atoms with Gasteiger partial charge in [0.2, 0.25) is 0 Å². The van der Waals surface area contributed by atoms with Gasteiger partial charge in [0.25, 0.3) is 11.8 Å². The van der Waals surface area contributed by atoms with Crippen LogP contribution in [0.3, 0.4) is 0 Å². The van der Waals surface area contributed by atoms with Crippen LogP contribution in [-0.2, 0) is 28.6 Å². The first-order valence-corrected chi connectivity index (χ1v) is 14.4. The van der Waals surface area contributed by atoms with Crippen LogP contribution in [0.4, 0.5) is 5.69 Å². The number of nitrogens with zero attached hydrogens (tertiary/aromatic N) is 4. The molecule has 2 amide bonds. The third-order valence-electron chi connectivity index (χ3n) is 9.14. The Kier molecular flexibility index (Phi) is 6.04. The second-order valence-corrected chi connectivity index (χ2v) is 11.8. The van der Waals surface area contributed by atoms with E-state index in [4.69, 9.17) is 11.6 Å². The molecular weight excluding hydrogens is 570 g/mol. The van der Waals surface area contributed by atoms with Crippen molar-refractivity contribution in [2.75, 3.05) is 5.43 Å². The molecule has 43 heavy (non-hydrogen) atoms. The van der Waals surface area contributed by atoms with Gasteiger partial charge in [-0.3, -0.25) is 15.0 Å².